The second-order valence-corrected chi connectivity index (χ2v) is 11.8. The van der Waals surface area contributed by atoms with Crippen molar-refractivity contribution < 1.29 is 29.3 Å². The van der Waals surface area contributed by atoms with Gasteiger partial charge >= 0.3 is 11.9 Å². The smallest absolute Gasteiger partial charge is 0.335 e. The fraction of sp³-hybridized carbons (Fsp3) is 0.0476. The maximum atomic E-state index is 11.1. The first-order valence-corrected chi connectivity index (χ1v) is 16.4. The van der Waals surface area contributed by atoms with Crippen LogP contribution in [0.3, 0.4) is 0 Å². The summed E-state index contributed by atoms with van der Waals surface area (Å²) < 4.78 is 11.6. The molecular formula is C42H32N4O6. The van der Waals surface area contributed by atoms with Gasteiger partial charge in [0.2, 0.25) is 0 Å². The predicted octanol–water partition coefficient (Wildman–Crippen LogP) is 9.01. The number of aromatic nitrogens is 4. The number of carboxylic acid groups (broad SMARTS) is 2. The molecule has 0 saturated heterocycles. The van der Waals surface area contributed by atoms with E-state index in [1.54, 1.807) is 36.4 Å². The van der Waals surface area contributed by atoms with Gasteiger partial charge in [-0.15, -0.1) is 0 Å². The molecule has 2 aromatic heterocycles. The van der Waals surface area contributed by atoms with Crippen molar-refractivity contribution in [2.75, 3.05) is 0 Å². The van der Waals surface area contributed by atoms with Crippen LogP contribution in [0.25, 0.3) is 44.8 Å². The lowest BCUT2D eigenvalue weighted by molar-refractivity contribution is 0.0686. The number of benzene rings is 6. The summed E-state index contributed by atoms with van der Waals surface area (Å²) in [6, 6.07) is 45.0. The molecule has 0 amide bonds. The topological polar surface area (TPSA) is 150 Å². The molecule has 0 aliphatic heterocycles. The molecule has 4 N–H and O–H groups in total. The van der Waals surface area contributed by atoms with Crippen molar-refractivity contribution in [1.82, 2.24) is 19.9 Å². The van der Waals surface area contributed by atoms with Gasteiger partial charge < -0.3 is 29.7 Å². The number of rotatable bonds is 10. The van der Waals surface area contributed by atoms with Crippen LogP contribution in [0.5, 0.6) is 11.5 Å². The van der Waals surface area contributed by atoms with Gasteiger partial charge in [0.25, 0.3) is 0 Å². The summed E-state index contributed by atoms with van der Waals surface area (Å²) in [7, 11) is 0. The lowest BCUT2D eigenvalue weighted by Crippen LogP contribution is -1.94. The molecule has 0 aliphatic carbocycles. The van der Waals surface area contributed by atoms with Crippen LogP contribution in [0.4, 0.5) is 0 Å². The van der Waals surface area contributed by atoms with E-state index in [2.05, 4.69) is 19.9 Å². The van der Waals surface area contributed by atoms with Gasteiger partial charge in [-0.2, -0.15) is 0 Å². The normalized spacial score (nSPS) is 10.8. The van der Waals surface area contributed by atoms with E-state index in [1.807, 2.05) is 109 Å². The molecular weight excluding hydrogens is 656 g/mol. The first-order valence-electron chi connectivity index (χ1n) is 16.4. The van der Waals surface area contributed by atoms with Crippen LogP contribution in [0.15, 0.2) is 146 Å². The zero-order chi connectivity index (χ0) is 35.9. The average Bonchev–Trinajstić information content (AvgIpc) is 3.82. The van der Waals surface area contributed by atoms with Crippen molar-refractivity contribution >= 4 is 34.0 Å². The van der Waals surface area contributed by atoms with Crippen LogP contribution in [-0.4, -0.2) is 42.1 Å². The van der Waals surface area contributed by atoms with E-state index in [4.69, 9.17) is 19.7 Å². The van der Waals surface area contributed by atoms with E-state index in [0.29, 0.717) is 35.9 Å². The molecule has 0 unspecified atom stereocenters. The van der Waals surface area contributed by atoms with Crippen LogP contribution >= 0.6 is 0 Å². The van der Waals surface area contributed by atoms with Crippen LogP contribution < -0.4 is 9.47 Å². The summed E-state index contributed by atoms with van der Waals surface area (Å²) in [5.41, 5.74) is 7.37. The lowest BCUT2D eigenvalue weighted by atomic mass is 10.2. The Morgan fingerprint density at radius 1 is 0.500 bits per heavy atom. The van der Waals surface area contributed by atoms with Gasteiger partial charge in [0, 0.05) is 11.1 Å². The first kappa shape index (κ1) is 33.3. The van der Waals surface area contributed by atoms with E-state index in [1.165, 1.54) is 0 Å². The molecule has 10 heteroatoms. The summed E-state index contributed by atoms with van der Waals surface area (Å²) in [5.74, 6) is 1.03. The highest BCUT2D eigenvalue weighted by Crippen LogP contribution is 2.26. The van der Waals surface area contributed by atoms with Crippen molar-refractivity contribution in [2.24, 2.45) is 0 Å². The first-order chi connectivity index (χ1) is 25.4. The molecule has 0 atom stereocenters. The average molecular weight is 689 g/mol. The SMILES string of the molecule is O=C(O)c1ccc2nc(-c3ccc(OCc4ccccc4)cc3)[nH]c2c1.O=C(O)c1ccc2nc(-c3ccc(OCc4ccccc4)cc3)[nH]c2c1. The highest BCUT2D eigenvalue weighted by atomic mass is 16.5. The molecule has 2 heterocycles. The van der Waals surface area contributed by atoms with Crippen molar-refractivity contribution in [2.45, 2.75) is 13.2 Å². The van der Waals surface area contributed by atoms with Crippen LogP contribution in [0, 0.1) is 0 Å². The number of aromatic carboxylic acids is 2. The fourth-order valence-corrected chi connectivity index (χ4v) is 5.46. The molecule has 52 heavy (non-hydrogen) atoms. The van der Waals surface area contributed by atoms with Gasteiger partial charge in [0.15, 0.2) is 0 Å². The zero-order valence-electron chi connectivity index (χ0n) is 27.7. The second kappa shape index (κ2) is 15.1. The number of nitrogens with one attached hydrogen (secondary N) is 2. The Labute approximate surface area is 298 Å². The number of fused-ring (bicyclic) bond motifs is 2. The Kier molecular flexibility index (Phi) is 9.70. The van der Waals surface area contributed by atoms with E-state index >= 15 is 0 Å². The molecule has 6 aromatic carbocycles. The quantitative estimate of drug-likeness (QED) is 0.111. The summed E-state index contributed by atoms with van der Waals surface area (Å²) in [6.07, 6.45) is 0. The van der Waals surface area contributed by atoms with Crippen molar-refractivity contribution in [3.05, 3.63) is 168 Å². The van der Waals surface area contributed by atoms with Crippen LogP contribution in [0.1, 0.15) is 31.8 Å². The Morgan fingerprint density at radius 3 is 1.25 bits per heavy atom. The molecule has 0 saturated carbocycles. The number of ether oxygens (including phenoxy) is 2. The molecule has 256 valence electrons. The summed E-state index contributed by atoms with van der Waals surface area (Å²) in [6.45, 7) is 1.03. The van der Waals surface area contributed by atoms with Crippen LogP contribution in [-0.2, 0) is 13.2 Å². The Balaban J connectivity index is 0.000000162. The number of hydrogen-bond donors (Lipinski definition) is 4. The monoisotopic (exact) mass is 688 g/mol. The van der Waals surface area contributed by atoms with Crippen LogP contribution in [0.2, 0.25) is 0 Å². The second-order valence-electron chi connectivity index (χ2n) is 11.8. The minimum absolute atomic E-state index is 0.234. The van der Waals surface area contributed by atoms with Gasteiger partial charge in [-0.25, -0.2) is 19.6 Å². The fourth-order valence-electron chi connectivity index (χ4n) is 5.46. The van der Waals surface area contributed by atoms with Gasteiger partial charge in [-0.1, -0.05) is 60.7 Å². The number of aromatic amines is 2. The number of H-pyrrole nitrogens is 2. The number of carbonyl (C=O) groups is 2. The summed E-state index contributed by atoms with van der Waals surface area (Å²) in [4.78, 5) is 37.5. The predicted molar refractivity (Wildman–Crippen MR) is 199 cm³/mol. The minimum Gasteiger partial charge on any atom is -0.489 e. The third kappa shape index (κ3) is 7.98. The van der Waals surface area contributed by atoms with Crippen molar-refractivity contribution in [3.8, 4) is 34.3 Å². The number of imidazole rings is 2. The number of carboxylic acids is 2. The van der Waals surface area contributed by atoms with Gasteiger partial charge in [0.05, 0.1) is 33.2 Å². The molecule has 0 aliphatic rings. The molecule has 8 aromatic rings. The highest BCUT2D eigenvalue weighted by Gasteiger charge is 2.11. The van der Waals surface area contributed by atoms with E-state index in [-0.39, 0.29) is 11.1 Å². The van der Waals surface area contributed by atoms with E-state index < -0.39 is 11.9 Å². The van der Waals surface area contributed by atoms with Gasteiger partial charge in [-0.3, -0.25) is 0 Å². The molecule has 10 nitrogen and oxygen atoms in total. The third-order valence-electron chi connectivity index (χ3n) is 8.21. The zero-order valence-corrected chi connectivity index (χ0v) is 27.7. The number of nitrogens with zero attached hydrogens (tertiary/aromatic N) is 2. The Hall–Kier alpha value is -7.20. The van der Waals surface area contributed by atoms with Crippen molar-refractivity contribution in [1.29, 1.82) is 0 Å². The maximum Gasteiger partial charge on any atom is 0.335 e. The Bertz CT molecular complexity index is 2280. The minimum atomic E-state index is -0.956. The number of hydrogen-bond acceptors (Lipinski definition) is 6. The third-order valence-corrected chi connectivity index (χ3v) is 8.21. The maximum absolute atomic E-state index is 11.1. The largest absolute Gasteiger partial charge is 0.489 e. The van der Waals surface area contributed by atoms with Gasteiger partial charge in [0.1, 0.15) is 36.4 Å². The van der Waals surface area contributed by atoms with Crippen molar-refractivity contribution in [3.63, 3.8) is 0 Å². The molecule has 0 fully saturated rings. The summed E-state index contributed by atoms with van der Waals surface area (Å²) in [5, 5.41) is 18.2. The molecule has 8 rings (SSSR count). The standard InChI is InChI=1S/2C21H16N2O3/c2*24-21(25)16-8-11-18-19(12-16)23-20(22-18)15-6-9-17(10-7-15)26-13-14-4-2-1-3-5-14/h2*1-12H,13H2,(H,22,23)(H,24,25). The van der Waals surface area contributed by atoms with Gasteiger partial charge in [-0.05, 0) is 96.1 Å². The van der Waals surface area contributed by atoms with E-state index in [0.717, 1.165) is 44.8 Å². The lowest BCUT2D eigenvalue weighted by Gasteiger charge is -2.06. The molecule has 0 radical (unpaired) electrons. The van der Waals surface area contributed by atoms with E-state index in [9.17, 15) is 9.59 Å². The highest BCUT2D eigenvalue weighted by molar-refractivity contribution is 5.93. The Morgan fingerprint density at radius 2 is 0.885 bits per heavy atom. The molecule has 0 spiro atoms. The summed E-state index contributed by atoms with van der Waals surface area (Å²) >= 11 is 0. The molecule has 0 bridgehead atoms.